The van der Waals surface area contributed by atoms with Gasteiger partial charge < -0.3 is 9.15 Å². The van der Waals surface area contributed by atoms with Crippen molar-refractivity contribution in [1.82, 2.24) is 0 Å². The molecule has 3 aromatic rings. The topological polar surface area (TPSA) is 39.4 Å². The molecular formula is C19H16O3. The van der Waals surface area contributed by atoms with Crippen LogP contribution in [0.25, 0.3) is 23.1 Å². The third-order valence-corrected chi connectivity index (χ3v) is 3.51. The van der Waals surface area contributed by atoms with Crippen LogP contribution >= 0.6 is 0 Å². The van der Waals surface area contributed by atoms with Crippen LogP contribution in [0.1, 0.15) is 16.7 Å². The summed E-state index contributed by atoms with van der Waals surface area (Å²) < 4.78 is 10.6. The molecule has 0 saturated heterocycles. The Labute approximate surface area is 128 Å². The van der Waals surface area contributed by atoms with E-state index in [4.69, 9.17) is 9.15 Å². The molecule has 0 saturated carbocycles. The Kier molecular flexibility index (Phi) is 3.79. The Bertz CT molecular complexity index is 904. The van der Waals surface area contributed by atoms with Crippen molar-refractivity contribution in [1.29, 1.82) is 0 Å². The van der Waals surface area contributed by atoms with Gasteiger partial charge in [0.05, 0.1) is 7.11 Å². The summed E-state index contributed by atoms with van der Waals surface area (Å²) in [5, 5.41) is 0.922. The summed E-state index contributed by atoms with van der Waals surface area (Å²) in [6.07, 6.45) is 3.85. The summed E-state index contributed by atoms with van der Waals surface area (Å²) in [4.78, 5) is 11.7. The SMILES string of the molecule is COc1ccccc1/C=C\c1cc(=O)oc2ccc(C)cc12. The molecule has 3 nitrogen and oxygen atoms in total. The van der Waals surface area contributed by atoms with Crippen molar-refractivity contribution in [2.24, 2.45) is 0 Å². The highest BCUT2D eigenvalue weighted by atomic mass is 16.5. The molecule has 0 radical (unpaired) electrons. The Morgan fingerprint density at radius 2 is 1.77 bits per heavy atom. The lowest BCUT2D eigenvalue weighted by molar-refractivity contribution is 0.414. The van der Waals surface area contributed by atoms with Crippen molar-refractivity contribution in [3.63, 3.8) is 0 Å². The molecule has 110 valence electrons. The molecule has 1 aromatic heterocycles. The van der Waals surface area contributed by atoms with E-state index in [0.29, 0.717) is 5.58 Å². The molecule has 22 heavy (non-hydrogen) atoms. The normalized spacial score (nSPS) is 11.2. The van der Waals surface area contributed by atoms with Gasteiger partial charge >= 0.3 is 5.63 Å². The number of aryl methyl sites for hydroxylation is 1. The van der Waals surface area contributed by atoms with Crippen molar-refractivity contribution in [2.45, 2.75) is 6.92 Å². The van der Waals surface area contributed by atoms with Gasteiger partial charge in [0.15, 0.2) is 0 Å². The Hall–Kier alpha value is -2.81. The third-order valence-electron chi connectivity index (χ3n) is 3.51. The predicted octanol–water partition coefficient (Wildman–Crippen LogP) is 4.28. The van der Waals surface area contributed by atoms with E-state index in [1.54, 1.807) is 7.11 Å². The first-order valence-corrected chi connectivity index (χ1v) is 7.03. The van der Waals surface area contributed by atoms with Crippen LogP contribution in [0.15, 0.2) is 57.7 Å². The van der Waals surface area contributed by atoms with Crippen LogP contribution in [0.2, 0.25) is 0 Å². The number of hydrogen-bond donors (Lipinski definition) is 0. The maximum Gasteiger partial charge on any atom is 0.336 e. The van der Waals surface area contributed by atoms with E-state index in [-0.39, 0.29) is 5.63 Å². The maximum absolute atomic E-state index is 11.7. The molecule has 0 aliphatic rings. The maximum atomic E-state index is 11.7. The molecule has 0 N–H and O–H groups in total. The van der Waals surface area contributed by atoms with Crippen molar-refractivity contribution in [2.75, 3.05) is 7.11 Å². The first-order valence-electron chi connectivity index (χ1n) is 7.03. The summed E-state index contributed by atoms with van der Waals surface area (Å²) in [5.74, 6) is 0.794. The predicted molar refractivity (Wildman–Crippen MR) is 89.1 cm³/mol. The second-order valence-electron chi connectivity index (χ2n) is 5.10. The van der Waals surface area contributed by atoms with Gasteiger partial charge in [0, 0.05) is 17.0 Å². The van der Waals surface area contributed by atoms with Crippen LogP contribution in [0.4, 0.5) is 0 Å². The van der Waals surface area contributed by atoms with Crippen molar-refractivity contribution < 1.29 is 9.15 Å². The van der Waals surface area contributed by atoms with Gasteiger partial charge in [-0.15, -0.1) is 0 Å². The number of rotatable bonds is 3. The number of hydrogen-bond acceptors (Lipinski definition) is 3. The fourth-order valence-corrected chi connectivity index (χ4v) is 2.42. The Balaban J connectivity index is 2.12. The van der Waals surface area contributed by atoms with Gasteiger partial charge in [0.2, 0.25) is 0 Å². The zero-order valence-electron chi connectivity index (χ0n) is 12.5. The summed E-state index contributed by atoms with van der Waals surface area (Å²) in [6.45, 7) is 2.01. The first kappa shape index (κ1) is 14.1. The lowest BCUT2D eigenvalue weighted by Crippen LogP contribution is -1.98. The summed E-state index contributed by atoms with van der Waals surface area (Å²) in [5.41, 5.74) is 3.15. The van der Waals surface area contributed by atoms with Crippen LogP contribution in [0, 0.1) is 6.92 Å². The molecule has 0 atom stereocenters. The van der Waals surface area contributed by atoms with Crippen molar-refractivity contribution >= 4 is 23.1 Å². The molecule has 0 fully saturated rings. The number of ether oxygens (including phenoxy) is 1. The van der Waals surface area contributed by atoms with Crippen LogP contribution in [0.3, 0.4) is 0 Å². The average Bonchev–Trinajstić information content (AvgIpc) is 2.53. The number of methoxy groups -OCH3 is 1. The van der Waals surface area contributed by atoms with Gasteiger partial charge in [-0.25, -0.2) is 4.79 Å². The molecule has 0 unspecified atom stereocenters. The van der Waals surface area contributed by atoms with E-state index < -0.39 is 0 Å². The summed E-state index contributed by atoms with van der Waals surface area (Å²) in [7, 11) is 1.64. The van der Waals surface area contributed by atoms with Crippen LogP contribution in [0.5, 0.6) is 5.75 Å². The Morgan fingerprint density at radius 3 is 2.59 bits per heavy atom. The average molecular weight is 292 g/mol. The van der Waals surface area contributed by atoms with E-state index in [0.717, 1.165) is 27.8 Å². The van der Waals surface area contributed by atoms with E-state index >= 15 is 0 Å². The highest BCUT2D eigenvalue weighted by Gasteiger charge is 2.04. The number of fused-ring (bicyclic) bond motifs is 1. The van der Waals surface area contributed by atoms with Crippen molar-refractivity contribution in [3.8, 4) is 5.75 Å². The van der Waals surface area contributed by atoms with Gasteiger partial charge in [-0.2, -0.15) is 0 Å². The molecule has 0 bridgehead atoms. The molecular weight excluding hydrogens is 276 g/mol. The monoisotopic (exact) mass is 292 g/mol. The molecule has 0 amide bonds. The minimum absolute atomic E-state index is 0.351. The lowest BCUT2D eigenvalue weighted by Gasteiger charge is -2.05. The van der Waals surface area contributed by atoms with Gasteiger partial charge in [0.1, 0.15) is 11.3 Å². The largest absolute Gasteiger partial charge is 0.496 e. The summed E-state index contributed by atoms with van der Waals surface area (Å²) in [6, 6.07) is 15.0. The summed E-state index contributed by atoms with van der Waals surface area (Å²) >= 11 is 0. The molecule has 2 aromatic carbocycles. The molecule has 3 rings (SSSR count). The standard InChI is InChI=1S/C19H16O3/c1-13-7-10-18-16(11-13)15(12-19(20)22-18)9-8-14-5-3-4-6-17(14)21-2/h3-12H,1-2H3/b9-8-. The molecule has 1 heterocycles. The molecule has 0 spiro atoms. The minimum Gasteiger partial charge on any atom is -0.496 e. The van der Waals surface area contributed by atoms with Crippen LogP contribution in [-0.4, -0.2) is 7.11 Å². The molecule has 0 aliphatic carbocycles. The second-order valence-corrected chi connectivity index (χ2v) is 5.10. The highest BCUT2D eigenvalue weighted by molar-refractivity contribution is 5.90. The first-order chi connectivity index (χ1) is 10.7. The smallest absolute Gasteiger partial charge is 0.336 e. The molecule has 3 heteroatoms. The lowest BCUT2D eigenvalue weighted by atomic mass is 10.1. The van der Waals surface area contributed by atoms with E-state index in [2.05, 4.69) is 0 Å². The fourth-order valence-electron chi connectivity index (χ4n) is 2.42. The van der Waals surface area contributed by atoms with Crippen LogP contribution in [-0.2, 0) is 0 Å². The van der Waals surface area contributed by atoms with Gasteiger partial charge in [-0.1, -0.05) is 42.0 Å². The zero-order valence-corrected chi connectivity index (χ0v) is 12.5. The zero-order chi connectivity index (χ0) is 15.5. The Morgan fingerprint density at radius 1 is 1.00 bits per heavy atom. The van der Waals surface area contributed by atoms with Gasteiger partial charge in [-0.05, 0) is 30.7 Å². The van der Waals surface area contributed by atoms with Gasteiger partial charge in [0.25, 0.3) is 0 Å². The number of benzene rings is 2. The number of para-hydroxylation sites is 1. The highest BCUT2D eigenvalue weighted by Crippen LogP contribution is 2.23. The fraction of sp³-hybridized carbons (Fsp3) is 0.105. The van der Waals surface area contributed by atoms with E-state index in [9.17, 15) is 4.79 Å². The van der Waals surface area contributed by atoms with E-state index in [1.165, 1.54) is 6.07 Å². The van der Waals surface area contributed by atoms with E-state index in [1.807, 2.05) is 61.5 Å². The third kappa shape index (κ3) is 2.79. The minimum atomic E-state index is -0.351. The molecule has 0 aliphatic heterocycles. The van der Waals surface area contributed by atoms with Gasteiger partial charge in [-0.3, -0.25) is 0 Å². The van der Waals surface area contributed by atoms with Crippen LogP contribution < -0.4 is 10.4 Å². The van der Waals surface area contributed by atoms with Crippen molar-refractivity contribution in [3.05, 3.63) is 75.6 Å². The second kappa shape index (κ2) is 5.90. The quantitative estimate of drug-likeness (QED) is 0.676.